The first kappa shape index (κ1) is 30.0. The minimum absolute atomic E-state index is 0.0115. The third kappa shape index (κ3) is 7.31. The summed E-state index contributed by atoms with van der Waals surface area (Å²) in [6.07, 6.45) is -0.294. The molecule has 0 radical (unpaired) electrons. The molecule has 1 unspecified atom stereocenters. The number of hydrogen-bond acceptors (Lipinski definition) is 5. The van der Waals surface area contributed by atoms with E-state index in [1.807, 2.05) is 68.4 Å². The quantitative estimate of drug-likeness (QED) is 0.287. The maximum Gasteiger partial charge on any atom is 0.262 e. The van der Waals surface area contributed by atoms with Crippen molar-refractivity contribution in [2.75, 3.05) is 24.5 Å². The summed E-state index contributed by atoms with van der Waals surface area (Å²) in [6, 6.07) is 30.9. The lowest BCUT2D eigenvalue weighted by Gasteiger charge is -2.35. The Morgan fingerprint density at radius 2 is 1.47 bits per heavy atom. The maximum atomic E-state index is 13.9. The van der Waals surface area contributed by atoms with Gasteiger partial charge in [-0.15, -0.1) is 0 Å². The second-order valence-corrected chi connectivity index (χ2v) is 12.6. The van der Waals surface area contributed by atoms with Gasteiger partial charge in [0.25, 0.3) is 5.91 Å². The van der Waals surface area contributed by atoms with Gasteiger partial charge in [-0.3, -0.25) is 9.59 Å². The molecular weight excluding hydrogens is 562 g/mol. The van der Waals surface area contributed by atoms with Crippen molar-refractivity contribution < 1.29 is 22.7 Å². The predicted molar refractivity (Wildman–Crippen MR) is 166 cm³/mol. The molecule has 5 rings (SSSR count). The molecule has 43 heavy (non-hydrogen) atoms. The van der Waals surface area contributed by atoms with E-state index < -0.39 is 28.6 Å². The van der Waals surface area contributed by atoms with E-state index in [1.54, 1.807) is 48.5 Å². The summed E-state index contributed by atoms with van der Waals surface area (Å²) in [7, 11) is -4.03. The van der Waals surface area contributed by atoms with Gasteiger partial charge >= 0.3 is 0 Å². The molecule has 9 heteroatoms. The fourth-order valence-electron chi connectivity index (χ4n) is 4.91. The lowest BCUT2D eigenvalue weighted by atomic mass is 10.1. The number of para-hydroxylation sites is 2. The highest BCUT2D eigenvalue weighted by Gasteiger charge is 2.36. The molecule has 1 heterocycles. The fraction of sp³-hybridized carbons (Fsp3) is 0.235. The Kier molecular flexibility index (Phi) is 9.23. The van der Waals surface area contributed by atoms with Gasteiger partial charge in [-0.05, 0) is 55.7 Å². The number of sulfonamides is 1. The van der Waals surface area contributed by atoms with Gasteiger partial charge in [-0.25, -0.2) is 8.42 Å². The Bertz CT molecular complexity index is 1670. The van der Waals surface area contributed by atoms with Crippen LogP contribution in [0.25, 0.3) is 0 Å². The van der Waals surface area contributed by atoms with E-state index >= 15 is 0 Å². The number of fused-ring (bicyclic) bond motifs is 1. The first-order chi connectivity index (χ1) is 20.7. The zero-order chi connectivity index (χ0) is 30.4. The molecule has 4 aromatic rings. The number of benzene rings is 4. The number of amides is 2. The van der Waals surface area contributed by atoms with Gasteiger partial charge in [-0.1, -0.05) is 90.0 Å². The number of nitrogens with zero attached hydrogens (tertiary/aromatic N) is 2. The normalized spacial score (nSPS) is 14.6. The van der Waals surface area contributed by atoms with Gasteiger partial charge in [0.2, 0.25) is 15.9 Å². The lowest BCUT2D eigenvalue weighted by molar-refractivity contribution is -0.128. The molecule has 0 aromatic heterocycles. The predicted octanol–water partition coefficient (Wildman–Crippen LogP) is 4.65. The van der Waals surface area contributed by atoms with Crippen molar-refractivity contribution in [3.05, 3.63) is 125 Å². The van der Waals surface area contributed by atoms with Crippen LogP contribution in [-0.4, -0.2) is 50.3 Å². The van der Waals surface area contributed by atoms with Gasteiger partial charge in [0.05, 0.1) is 23.7 Å². The van der Waals surface area contributed by atoms with Crippen LogP contribution in [-0.2, 0) is 32.6 Å². The molecule has 0 saturated carbocycles. The molecule has 0 bridgehead atoms. The average Bonchev–Trinajstić information content (AvgIpc) is 3.01. The molecule has 0 aliphatic carbocycles. The van der Waals surface area contributed by atoms with Crippen molar-refractivity contribution in [2.24, 2.45) is 0 Å². The molecule has 0 saturated heterocycles. The number of anilines is 1. The summed E-state index contributed by atoms with van der Waals surface area (Å²) >= 11 is 0. The third-order valence-corrected chi connectivity index (χ3v) is 9.18. The maximum absolute atomic E-state index is 13.9. The SMILES string of the molecule is Cc1ccc(CN(CC(=O)N2CC(C(=O)NCCc3ccccc3)Oc3ccccc32)S(=O)(=O)c2ccc(C)cc2)cc1. The van der Waals surface area contributed by atoms with Crippen molar-refractivity contribution in [3.63, 3.8) is 0 Å². The lowest BCUT2D eigenvalue weighted by Crippen LogP contribution is -2.53. The number of aryl methyl sites for hydroxylation is 2. The van der Waals surface area contributed by atoms with E-state index in [1.165, 1.54) is 9.21 Å². The van der Waals surface area contributed by atoms with Crippen LogP contribution in [0.5, 0.6) is 5.75 Å². The molecule has 1 aliphatic rings. The summed E-state index contributed by atoms with van der Waals surface area (Å²) in [5.74, 6) is -0.413. The average molecular weight is 598 g/mol. The Morgan fingerprint density at radius 3 is 2.16 bits per heavy atom. The molecule has 222 valence electrons. The van der Waals surface area contributed by atoms with E-state index in [0.717, 1.165) is 22.3 Å². The van der Waals surface area contributed by atoms with Gasteiger partial charge in [0.15, 0.2) is 6.10 Å². The second-order valence-electron chi connectivity index (χ2n) is 10.7. The molecule has 1 atom stereocenters. The van der Waals surface area contributed by atoms with E-state index in [0.29, 0.717) is 24.4 Å². The zero-order valence-electron chi connectivity index (χ0n) is 24.3. The summed E-state index contributed by atoms with van der Waals surface area (Å²) in [5, 5.41) is 2.91. The van der Waals surface area contributed by atoms with Gasteiger partial charge in [0, 0.05) is 13.1 Å². The van der Waals surface area contributed by atoms with Gasteiger partial charge in [0.1, 0.15) is 5.75 Å². The van der Waals surface area contributed by atoms with Crippen LogP contribution >= 0.6 is 0 Å². The van der Waals surface area contributed by atoms with E-state index in [4.69, 9.17) is 4.74 Å². The number of hydrogen-bond donors (Lipinski definition) is 1. The number of nitrogens with one attached hydrogen (secondary N) is 1. The Balaban J connectivity index is 1.37. The summed E-state index contributed by atoms with van der Waals surface area (Å²) < 4.78 is 34.9. The zero-order valence-corrected chi connectivity index (χ0v) is 25.1. The molecule has 1 N–H and O–H groups in total. The summed E-state index contributed by atoms with van der Waals surface area (Å²) in [6.45, 7) is 3.80. The summed E-state index contributed by atoms with van der Waals surface area (Å²) in [4.78, 5) is 28.7. The van der Waals surface area contributed by atoms with Crippen LogP contribution < -0.4 is 15.0 Å². The fourth-order valence-corrected chi connectivity index (χ4v) is 6.29. The Hall–Kier alpha value is -4.47. The molecule has 8 nitrogen and oxygen atoms in total. The highest BCUT2D eigenvalue weighted by Crippen LogP contribution is 2.33. The van der Waals surface area contributed by atoms with Crippen molar-refractivity contribution in [2.45, 2.75) is 37.8 Å². The summed E-state index contributed by atoms with van der Waals surface area (Å²) in [5.41, 5.74) is 4.32. The van der Waals surface area contributed by atoms with Crippen molar-refractivity contribution in [1.82, 2.24) is 9.62 Å². The van der Waals surface area contributed by atoms with Crippen LogP contribution in [0.4, 0.5) is 5.69 Å². The van der Waals surface area contributed by atoms with Crippen LogP contribution in [0.2, 0.25) is 0 Å². The Labute approximate surface area is 253 Å². The van der Waals surface area contributed by atoms with Crippen molar-refractivity contribution >= 4 is 27.5 Å². The minimum atomic E-state index is -4.03. The molecule has 0 spiro atoms. The van der Waals surface area contributed by atoms with Gasteiger partial charge < -0.3 is 15.0 Å². The second kappa shape index (κ2) is 13.2. The van der Waals surface area contributed by atoms with E-state index in [9.17, 15) is 18.0 Å². The van der Waals surface area contributed by atoms with Crippen LogP contribution in [0.15, 0.2) is 108 Å². The van der Waals surface area contributed by atoms with Crippen LogP contribution in [0, 0.1) is 13.8 Å². The monoisotopic (exact) mass is 597 g/mol. The van der Waals surface area contributed by atoms with Gasteiger partial charge in [-0.2, -0.15) is 4.31 Å². The topological polar surface area (TPSA) is 96.0 Å². The molecule has 2 amide bonds. The highest BCUT2D eigenvalue weighted by molar-refractivity contribution is 7.89. The van der Waals surface area contributed by atoms with E-state index in [-0.39, 0.29) is 23.9 Å². The van der Waals surface area contributed by atoms with Crippen LogP contribution in [0.3, 0.4) is 0 Å². The van der Waals surface area contributed by atoms with Crippen molar-refractivity contribution in [1.29, 1.82) is 0 Å². The van der Waals surface area contributed by atoms with Crippen LogP contribution in [0.1, 0.15) is 22.3 Å². The minimum Gasteiger partial charge on any atom is -0.477 e. The molecule has 1 aliphatic heterocycles. The number of carbonyl (C=O) groups is 2. The molecule has 4 aromatic carbocycles. The van der Waals surface area contributed by atoms with Crippen molar-refractivity contribution in [3.8, 4) is 5.75 Å². The number of rotatable bonds is 10. The number of carbonyl (C=O) groups excluding carboxylic acids is 2. The largest absolute Gasteiger partial charge is 0.477 e. The molecular formula is C34H35N3O5S. The smallest absolute Gasteiger partial charge is 0.262 e. The first-order valence-electron chi connectivity index (χ1n) is 14.2. The third-order valence-electron chi connectivity index (χ3n) is 7.37. The Morgan fingerprint density at radius 1 is 0.837 bits per heavy atom. The first-order valence-corrected chi connectivity index (χ1v) is 15.6. The standard InChI is InChI=1S/C34H35N3O5S/c1-25-12-16-28(17-13-25)22-36(43(40,41)29-18-14-26(2)15-19-29)24-33(38)37-23-32(42-31-11-7-6-10-30(31)37)34(39)35-21-20-27-8-4-3-5-9-27/h3-19,32H,20-24H2,1-2H3,(H,35,39). The highest BCUT2D eigenvalue weighted by atomic mass is 32.2. The van der Waals surface area contributed by atoms with E-state index in [2.05, 4.69) is 5.32 Å². The molecule has 0 fully saturated rings. The number of ether oxygens (including phenoxy) is 1.